The van der Waals surface area contributed by atoms with Crippen LogP contribution in [0.1, 0.15) is 28.8 Å². The first-order valence-corrected chi connectivity index (χ1v) is 12.3. The summed E-state index contributed by atoms with van der Waals surface area (Å²) < 4.78 is 6.07. The van der Waals surface area contributed by atoms with Gasteiger partial charge in [0.15, 0.2) is 0 Å². The van der Waals surface area contributed by atoms with Gasteiger partial charge in [-0.3, -0.25) is 4.79 Å². The van der Waals surface area contributed by atoms with Crippen LogP contribution in [0.15, 0.2) is 54.7 Å². The van der Waals surface area contributed by atoms with Gasteiger partial charge in [-0.25, -0.2) is 9.97 Å². The van der Waals surface area contributed by atoms with Gasteiger partial charge in [0.25, 0.3) is 5.91 Å². The quantitative estimate of drug-likeness (QED) is 0.559. The highest BCUT2D eigenvalue weighted by Gasteiger charge is 2.18. The van der Waals surface area contributed by atoms with E-state index in [-0.39, 0.29) is 5.91 Å². The van der Waals surface area contributed by atoms with Gasteiger partial charge in [-0.05, 0) is 56.3 Å². The normalized spacial score (nSPS) is 17.6. The van der Waals surface area contributed by atoms with Crippen molar-refractivity contribution in [2.24, 2.45) is 0 Å². The van der Waals surface area contributed by atoms with Crippen molar-refractivity contribution in [1.82, 2.24) is 20.2 Å². The minimum absolute atomic E-state index is 0.0618. The molecule has 4 heterocycles. The number of fused-ring (bicyclic) bond motifs is 9. The Balaban J connectivity index is 1.44. The van der Waals surface area contributed by atoms with Gasteiger partial charge in [0, 0.05) is 73.6 Å². The van der Waals surface area contributed by atoms with E-state index >= 15 is 0 Å². The fraction of sp³-hybridized carbons (Fsp3) is 0.370. The molecule has 8 nitrogen and oxygen atoms in total. The van der Waals surface area contributed by atoms with Crippen molar-refractivity contribution in [2.75, 3.05) is 56.6 Å². The summed E-state index contributed by atoms with van der Waals surface area (Å²) in [4.78, 5) is 26.4. The third-order valence-corrected chi connectivity index (χ3v) is 6.54. The molecule has 35 heavy (non-hydrogen) atoms. The second kappa shape index (κ2) is 10.8. The molecule has 2 aromatic carbocycles. The highest BCUT2D eigenvalue weighted by atomic mass is 16.5. The zero-order chi connectivity index (χ0) is 24.0. The summed E-state index contributed by atoms with van der Waals surface area (Å²) in [7, 11) is 2.17. The number of piperazine rings is 1. The molecule has 0 saturated carbocycles. The number of hydrogen-bond acceptors (Lipinski definition) is 7. The average molecular weight is 473 g/mol. The monoisotopic (exact) mass is 472 g/mol. The highest BCUT2D eigenvalue weighted by Crippen LogP contribution is 2.28. The summed E-state index contributed by atoms with van der Waals surface area (Å²) in [5.74, 6) is 0.467. The number of hydrogen-bond donors (Lipinski definition) is 2. The Morgan fingerprint density at radius 1 is 0.943 bits per heavy atom. The molecular weight excluding hydrogens is 440 g/mol. The molecule has 2 N–H and O–H groups in total. The molecule has 6 bridgehead atoms. The maximum Gasteiger partial charge on any atom is 0.251 e. The predicted molar refractivity (Wildman–Crippen MR) is 138 cm³/mol. The van der Waals surface area contributed by atoms with Gasteiger partial charge < -0.3 is 25.2 Å². The molecule has 0 unspecified atom stereocenters. The predicted octanol–water partition coefficient (Wildman–Crippen LogP) is 3.68. The maximum absolute atomic E-state index is 12.5. The second-order valence-corrected chi connectivity index (χ2v) is 9.12. The Kier molecular flexibility index (Phi) is 7.20. The van der Waals surface area contributed by atoms with E-state index in [1.165, 1.54) is 5.69 Å². The smallest absolute Gasteiger partial charge is 0.251 e. The van der Waals surface area contributed by atoms with E-state index in [9.17, 15) is 4.79 Å². The lowest BCUT2D eigenvalue weighted by Crippen LogP contribution is -2.44. The number of benzene rings is 2. The molecule has 8 heteroatoms. The van der Waals surface area contributed by atoms with Crippen LogP contribution >= 0.6 is 0 Å². The standard InChI is InChI=1S/C27H32N6O2/c1-32-13-15-33(16-14-32)25-9-8-23-18-22(25)19-35-17-3-2-11-28-26(34)21-6-4-20(5-7-21)24-10-12-29-27(30-23)31-24/h4-10,12,18H,2-3,11,13-17,19H2,1H3,(H,28,34)(H,29,30,31). The fourth-order valence-corrected chi connectivity index (χ4v) is 4.45. The molecular formula is C27H32N6O2. The van der Waals surface area contributed by atoms with Crippen molar-refractivity contribution in [3.05, 3.63) is 65.9 Å². The zero-order valence-corrected chi connectivity index (χ0v) is 20.2. The number of rotatable bonds is 1. The second-order valence-electron chi connectivity index (χ2n) is 9.12. The van der Waals surface area contributed by atoms with Gasteiger partial charge in [0.1, 0.15) is 0 Å². The molecule has 1 aromatic heterocycles. The van der Waals surface area contributed by atoms with Crippen LogP contribution < -0.4 is 15.5 Å². The lowest BCUT2D eigenvalue weighted by Gasteiger charge is -2.35. The summed E-state index contributed by atoms with van der Waals surface area (Å²) in [6.07, 6.45) is 3.51. The highest BCUT2D eigenvalue weighted by molar-refractivity contribution is 5.94. The van der Waals surface area contributed by atoms with Crippen molar-refractivity contribution in [3.8, 4) is 11.3 Å². The van der Waals surface area contributed by atoms with E-state index in [0.29, 0.717) is 31.3 Å². The van der Waals surface area contributed by atoms with Crippen LogP contribution in [-0.4, -0.2) is 67.2 Å². The molecule has 0 atom stereocenters. The first-order chi connectivity index (χ1) is 17.2. The minimum Gasteiger partial charge on any atom is -0.377 e. The number of carbonyl (C=O) groups excluding carboxylic acids is 1. The minimum atomic E-state index is -0.0618. The molecule has 6 rings (SSSR count). The first kappa shape index (κ1) is 23.3. The Labute approximate surface area is 206 Å². The van der Waals surface area contributed by atoms with Crippen molar-refractivity contribution in [1.29, 1.82) is 0 Å². The molecule has 1 amide bonds. The Hall–Kier alpha value is -3.49. The first-order valence-electron chi connectivity index (χ1n) is 12.3. The van der Waals surface area contributed by atoms with Crippen molar-refractivity contribution in [2.45, 2.75) is 19.4 Å². The average Bonchev–Trinajstić information content (AvgIpc) is 2.89. The summed E-state index contributed by atoms with van der Waals surface area (Å²) in [6, 6.07) is 15.8. The van der Waals surface area contributed by atoms with Crippen LogP contribution in [0.2, 0.25) is 0 Å². The molecule has 1 fully saturated rings. The lowest BCUT2D eigenvalue weighted by molar-refractivity contribution is 0.0946. The molecule has 1 saturated heterocycles. The number of anilines is 3. The number of nitrogens with zero attached hydrogens (tertiary/aromatic N) is 4. The van der Waals surface area contributed by atoms with Gasteiger partial charge in [-0.15, -0.1) is 0 Å². The van der Waals surface area contributed by atoms with E-state index in [4.69, 9.17) is 9.72 Å². The van der Waals surface area contributed by atoms with Gasteiger partial charge in [0.2, 0.25) is 5.95 Å². The van der Waals surface area contributed by atoms with Crippen LogP contribution in [0.25, 0.3) is 11.3 Å². The van der Waals surface area contributed by atoms with Gasteiger partial charge in [-0.2, -0.15) is 0 Å². The lowest BCUT2D eigenvalue weighted by atomic mass is 10.1. The van der Waals surface area contributed by atoms with Gasteiger partial charge in [0.05, 0.1) is 12.3 Å². The van der Waals surface area contributed by atoms with E-state index in [1.807, 2.05) is 30.3 Å². The van der Waals surface area contributed by atoms with Crippen LogP contribution in [0.4, 0.5) is 17.3 Å². The number of aromatic nitrogens is 2. The molecule has 3 aliphatic rings. The van der Waals surface area contributed by atoms with Crippen LogP contribution in [0, 0.1) is 0 Å². The third-order valence-electron chi connectivity index (χ3n) is 6.54. The topological polar surface area (TPSA) is 82.6 Å². The van der Waals surface area contributed by atoms with E-state index < -0.39 is 0 Å². The molecule has 0 aliphatic carbocycles. The molecule has 3 aliphatic heterocycles. The number of likely N-dealkylation sites (N-methyl/N-ethyl adjacent to an activating group) is 1. The molecule has 3 aromatic rings. The van der Waals surface area contributed by atoms with Crippen LogP contribution in [0.3, 0.4) is 0 Å². The van der Waals surface area contributed by atoms with Crippen molar-refractivity contribution >= 4 is 23.2 Å². The van der Waals surface area contributed by atoms with Gasteiger partial charge in [-0.1, -0.05) is 12.1 Å². The third kappa shape index (κ3) is 5.78. The number of amides is 1. The SMILES string of the molecule is CN1CCN(c2ccc3cc2COCCCCNC(=O)c2ccc(cc2)-c2ccnc(n2)N3)CC1. The van der Waals surface area contributed by atoms with E-state index in [2.05, 4.69) is 50.7 Å². The summed E-state index contributed by atoms with van der Waals surface area (Å²) in [5.41, 5.74) is 5.67. The largest absolute Gasteiger partial charge is 0.377 e. The van der Waals surface area contributed by atoms with Crippen molar-refractivity contribution < 1.29 is 9.53 Å². The molecule has 182 valence electrons. The summed E-state index contributed by atoms with van der Waals surface area (Å²) in [6.45, 7) is 5.91. The Morgan fingerprint density at radius 3 is 2.57 bits per heavy atom. The van der Waals surface area contributed by atoms with Crippen LogP contribution in [0.5, 0.6) is 0 Å². The van der Waals surface area contributed by atoms with Gasteiger partial charge >= 0.3 is 0 Å². The number of carbonyl (C=O) groups is 1. The number of ether oxygens (including phenoxy) is 1. The van der Waals surface area contributed by atoms with E-state index in [1.54, 1.807) is 6.20 Å². The Bertz CT molecular complexity index is 1160. The summed E-state index contributed by atoms with van der Waals surface area (Å²) in [5, 5.41) is 6.36. The maximum atomic E-state index is 12.5. The molecule has 0 spiro atoms. The van der Waals surface area contributed by atoms with Crippen molar-refractivity contribution in [3.63, 3.8) is 0 Å². The summed E-state index contributed by atoms with van der Waals surface area (Å²) >= 11 is 0. The van der Waals surface area contributed by atoms with E-state index in [0.717, 1.165) is 61.5 Å². The Morgan fingerprint density at radius 2 is 1.74 bits per heavy atom. The molecule has 0 radical (unpaired) electrons. The van der Waals surface area contributed by atoms with Crippen LogP contribution in [-0.2, 0) is 11.3 Å². The number of nitrogens with one attached hydrogen (secondary N) is 2. The fourth-order valence-electron chi connectivity index (χ4n) is 4.45. The zero-order valence-electron chi connectivity index (χ0n) is 20.2.